The SMILES string of the molecule is COCc1cccc(C(=O)N2CCN(C3CCCC3)CC2)c1. The molecule has 4 heteroatoms. The molecule has 1 heterocycles. The largest absolute Gasteiger partial charge is 0.380 e. The molecule has 120 valence electrons. The molecule has 2 fully saturated rings. The summed E-state index contributed by atoms with van der Waals surface area (Å²) in [5.74, 6) is 0.157. The van der Waals surface area contributed by atoms with E-state index in [4.69, 9.17) is 4.74 Å². The van der Waals surface area contributed by atoms with Crippen LogP contribution in [0, 0.1) is 0 Å². The fourth-order valence-electron chi connectivity index (χ4n) is 3.70. The van der Waals surface area contributed by atoms with Crippen molar-refractivity contribution in [2.45, 2.75) is 38.3 Å². The quantitative estimate of drug-likeness (QED) is 0.857. The van der Waals surface area contributed by atoms with E-state index in [9.17, 15) is 4.79 Å². The van der Waals surface area contributed by atoms with E-state index in [0.717, 1.165) is 43.3 Å². The van der Waals surface area contributed by atoms with E-state index in [1.807, 2.05) is 29.2 Å². The van der Waals surface area contributed by atoms with Gasteiger partial charge >= 0.3 is 0 Å². The first-order valence-electron chi connectivity index (χ1n) is 8.39. The van der Waals surface area contributed by atoms with Crippen LogP contribution in [0.3, 0.4) is 0 Å². The molecule has 1 aromatic carbocycles. The summed E-state index contributed by atoms with van der Waals surface area (Å²) in [7, 11) is 1.68. The van der Waals surface area contributed by atoms with Gasteiger partial charge in [-0.15, -0.1) is 0 Å². The Balaban J connectivity index is 1.58. The molecule has 0 aromatic heterocycles. The highest BCUT2D eigenvalue weighted by Gasteiger charge is 2.28. The number of methoxy groups -OCH3 is 1. The van der Waals surface area contributed by atoms with Gasteiger partial charge in [0.15, 0.2) is 0 Å². The number of nitrogens with zero attached hydrogens (tertiary/aromatic N) is 2. The molecule has 0 atom stereocenters. The number of benzene rings is 1. The molecule has 1 aliphatic heterocycles. The van der Waals surface area contributed by atoms with Crippen LogP contribution in [-0.4, -0.2) is 55.0 Å². The Morgan fingerprint density at radius 1 is 1.18 bits per heavy atom. The first-order chi connectivity index (χ1) is 10.8. The topological polar surface area (TPSA) is 32.8 Å². The standard InChI is InChI=1S/C18H26N2O2/c1-22-14-15-5-4-6-16(13-15)18(21)20-11-9-19(10-12-20)17-7-2-3-8-17/h4-6,13,17H,2-3,7-12,14H2,1H3. The van der Waals surface area contributed by atoms with Crippen LogP contribution in [0.4, 0.5) is 0 Å². The maximum absolute atomic E-state index is 12.7. The molecular formula is C18H26N2O2. The molecule has 1 saturated carbocycles. The maximum atomic E-state index is 12.7. The van der Waals surface area contributed by atoms with Gasteiger partial charge < -0.3 is 9.64 Å². The second-order valence-electron chi connectivity index (χ2n) is 6.40. The van der Waals surface area contributed by atoms with Gasteiger partial charge in [0, 0.05) is 44.9 Å². The fourth-order valence-corrected chi connectivity index (χ4v) is 3.70. The molecule has 0 spiro atoms. The Morgan fingerprint density at radius 3 is 2.59 bits per heavy atom. The van der Waals surface area contributed by atoms with E-state index >= 15 is 0 Å². The van der Waals surface area contributed by atoms with Gasteiger partial charge in [0.1, 0.15) is 0 Å². The third-order valence-electron chi connectivity index (χ3n) is 4.93. The number of hydrogen-bond donors (Lipinski definition) is 0. The van der Waals surface area contributed by atoms with Gasteiger partial charge in [-0.2, -0.15) is 0 Å². The van der Waals surface area contributed by atoms with E-state index in [-0.39, 0.29) is 5.91 Å². The van der Waals surface area contributed by atoms with Crippen molar-refractivity contribution in [2.24, 2.45) is 0 Å². The minimum atomic E-state index is 0.157. The summed E-state index contributed by atoms with van der Waals surface area (Å²) in [6, 6.07) is 8.57. The number of hydrogen-bond acceptors (Lipinski definition) is 3. The predicted octanol–water partition coefficient (Wildman–Crippen LogP) is 2.53. The van der Waals surface area contributed by atoms with Crippen LogP contribution in [0.5, 0.6) is 0 Å². The van der Waals surface area contributed by atoms with Crippen LogP contribution >= 0.6 is 0 Å². The third kappa shape index (κ3) is 3.50. The van der Waals surface area contributed by atoms with Crippen molar-refractivity contribution in [3.8, 4) is 0 Å². The van der Waals surface area contributed by atoms with Crippen LogP contribution in [0.25, 0.3) is 0 Å². The predicted molar refractivity (Wildman–Crippen MR) is 86.9 cm³/mol. The van der Waals surface area contributed by atoms with Crippen LogP contribution in [-0.2, 0) is 11.3 Å². The first kappa shape index (κ1) is 15.5. The average molecular weight is 302 g/mol. The van der Waals surface area contributed by atoms with Crippen molar-refractivity contribution in [3.05, 3.63) is 35.4 Å². The molecule has 22 heavy (non-hydrogen) atoms. The number of carbonyl (C=O) groups excluding carboxylic acids is 1. The number of piperazine rings is 1. The smallest absolute Gasteiger partial charge is 0.253 e. The van der Waals surface area contributed by atoms with Gasteiger partial charge in [0.2, 0.25) is 0 Å². The number of carbonyl (C=O) groups is 1. The van der Waals surface area contributed by atoms with Crippen molar-refractivity contribution in [1.82, 2.24) is 9.80 Å². The van der Waals surface area contributed by atoms with Crippen LogP contribution in [0.15, 0.2) is 24.3 Å². The van der Waals surface area contributed by atoms with Gasteiger partial charge in [0.25, 0.3) is 5.91 Å². The van der Waals surface area contributed by atoms with Gasteiger partial charge in [0.05, 0.1) is 6.61 Å². The summed E-state index contributed by atoms with van der Waals surface area (Å²) in [6.07, 6.45) is 5.42. The minimum absolute atomic E-state index is 0.157. The van der Waals surface area contributed by atoms with Gasteiger partial charge in [-0.25, -0.2) is 0 Å². The summed E-state index contributed by atoms with van der Waals surface area (Å²) in [5, 5.41) is 0. The summed E-state index contributed by atoms with van der Waals surface area (Å²) in [4.78, 5) is 17.2. The van der Waals surface area contributed by atoms with E-state index in [1.165, 1.54) is 25.7 Å². The second-order valence-corrected chi connectivity index (χ2v) is 6.40. The monoisotopic (exact) mass is 302 g/mol. The van der Waals surface area contributed by atoms with E-state index in [1.54, 1.807) is 7.11 Å². The van der Waals surface area contributed by atoms with Crippen LogP contribution in [0.1, 0.15) is 41.6 Å². The molecule has 1 aliphatic carbocycles. The van der Waals surface area contributed by atoms with Crippen molar-refractivity contribution in [3.63, 3.8) is 0 Å². The summed E-state index contributed by atoms with van der Waals surface area (Å²) in [6.45, 7) is 4.30. The number of rotatable bonds is 4. The van der Waals surface area contributed by atoms with E-state index in [0.29, 0.717) is 6.61 Å². The lowest BCUT2D eigenvalue weighted by Crippen LogP contribution is -2.51. The second kappa shape index (κ2) is 7.25. The zero-order chi connectivity index (χ0) is 15.4. The van der Waals surface area contributed by atoms with Crippen LogP contribution < -0.4 is 0 Å². The Bertz CT molecular complexity index is 504. The third-order valence-corrected chi connectivity index (χ3v) is 4.93. The molecule has 1 amide bonds. The zero-order valence-electron chi connectivity index (χ0n) is 13.5. The molecule has 3 rings (SSSR count). The van der Waals surface area contributed by atoms with Gasteiger partial charge in [-0.1, -0.05) is 25.0 Å². The molecule has 0 bridgehead atoms. The number of amides is 1. The van der Waals surface area contributed by atoms with Crippen molar-refractivity contribution < 1.29 is 9.53 Å². The summed E-state index contributed by atoms with van der Waals surface area (Å²) in [5.41, 5.74) is 1.84. The minimum Gasteiger partial charge on any atom is -0.380 e. The van der Waals surface area contributed by atoms with E-state index in [2.05, 4.69) is 4.90 Å². The molecule has 0 N–H and O–H groups in total. The Kier molecular flexibility index (Phi) is 5.11. The Hall–Kier alpha value is -1.39. The first-order valence-corrected chi connectivity index (χ1v) is 8.39. The van der Waals surface area contributed by atoms with Crippen molar-refractivity contribution in [2.75, 3.05) is 33.3 Å². The summed E-state index contributed by atoms with van der Waals surface area (Å²) >= 11 is 0. The van der Waals surface area contributed by atoms with Crippen molar-refractivity contribution >= 4 is 5.91 Å². The molecule has 4 nitrogen and oxygen atoms in total. The van der Waals surface area contributed by atoms with E-state index < -0.39 is 0 Å². The Morgan fingerprint density at radius 2 is 1.91 bits per heavy atom. The molecule has 1 saturated heterocycles. The zero-order valence-corrected chi connectivity index (χ0v) is 13.5. The molecule has 0 unspecified atom stereocenters. The van der Waals surface area contributed by atoms with Gasteiger partial charge in [-0.05, 0) is 30.5 Å². The molecule has 2 aliphatic rings. The molecule has 0 radical (unpaired) electrons. The maximum Gasteiger partial charge on any atom is 0.253 e. The lowest BCUT2D eigenvalue weighted by Gasteiger charge is -2.38. The normalized spacial score (nSPS) is 20.5. The van der Waals surface area contributed by atoms with Crippen molar-refractivity contribution in [1.29, 1.82) is 0 Å². The fraction of sp³-hybridized carbons (Fsp3) is 0.611. The lowest BCUT2D eigenvalue weighted by molar-refractivity contribution is 0.0573. The highest BCUT2D eigenvalue weighted by molar-refractivity contribution is 5.94. The summed E-state index contributed by atoms with van der Waals surface area (Å²) < 4.78 is 5.15. The highest BCUT2D eigenvalue weighted by Crippen LogP contribution is 2.24. The highest BCUT2D eigenvalue weighted by atomic mass is 16.5. The average Bonchev–Trinajstić information content (AvgIpc) is 3.09. The number of ether oxygens (including phenoxy) is 1. The molecule has 1 aromatic rings. The van der Waals surface area contributed by atoms with Gasteiger partial charge in [-0.3, -0.25) is 9.69 Å². The lowest BCUT2D eigenvalue weighted by atomic mass is 10.1. The Labute approximate surface area is 133 Å². The van der Waals surface area contributed by atoms with Crippen LogP contribution in [0.2, 0.25) is 0 Å². The molecular weight excluding hydrogens is 276 g/mol.